The summed E-state index contributed by atoms with van der Waals surface area (Å²) in [6, 6.07) is 0. The number of nitrogens with zero attached hydrogens (tertiary/aromatic N) is 3. The Bertz CT molecular complexity index is 324. The van der Waals surface area contributed by atoms with Crippen LogP contribution >= 0.6 is 15.9 Å². The molecule has 1 aliphatic carbocycles. The maximum absolute atomic E-state index is 4.39. The van der Waals surface area contributed by atoms with E-state index >= 15 is 0 Å². The van der Waals surface area contributed by atoms with Gasteiger partial charge in [0, 0.05) is 17.8 Å². The third-order valence-corrected chi connectivity index (χ3v) is 4.60. The van der Waals surface area contributed by atoms with E-state index in [-0.39, 0.29) is 0 Å². The van der Waals surface area contributed by atoms with Gasteiger partial charge >= 0.3 is 0 Å². The third-order valence-electron chi connectivity index (χ3n) is 3.39. The minimum atomic E-state index is 0.674. The minimum Gasteiger partial charge on any atom is -0.250 e. The molecule has 2 atom stereocenters. The first-order chi connectivity index (χ1) is 7.81. The smallest absolute Gasteiger partial charge is 0.138 e. The van der Waals surface area contributed by atoms with E-state index in [0.717, 1.165) is 25.3 Å². The molecule has 0 N–H and O–H groups in total. The molecule has 0 bridgehead atoms. The average molecular weight is 286 g/mol. The molecule has 4 heteroatoms. The SMILES string of the molecule is CCCn1ncnc1CC1CCCCC1Br. The zero-order chi connectivity index (χ0) is 11.4. The summed E-state index contributed by atoms with van der Waals surface area (Å²) in [5.41, 5.74) is 0. The first-order valence-corrected chi connectivity index (χ1v) is 7.23. The van der Waals surface area contributed by atoms with Crippen molar-refractivity contribution in [2.45, 2.75) is 56.8 Å². The van der Waals surface area contributed by atoms with Crippen molar-refractivity contribution in [3.05, 3.63) is 12.2 Å². The van der Waals surface area contributed by atoms with Gasteiger partial charge in [-0.05, 0) is 25.2 Å². The van der Waals surface area contributed by atoms with Gasteiger partial charge < -0.3 is 0 Å². The molecule has 90 valence electrons. The van der Waals surface area contributed by atoms with Crippen LogP contribution in [0.3, 0.4) is 0 Å². The highest BCUT2D eigenvalue weighted by Crippen LogP contribution is 2.31. The zero-order valence-electron chi connectivity index (χ0n) is 9.90. The first-order valence-electron chi connectivity index (χ1n) is 6.32. The lowest BCUT2D eigenvalue weighted by atomic mass is 9.86. The van der Waals surface area contributed by atoms with E-state index < -0.39 is 0 Å². The number of aryl methyl sites for hydroxylation is 1. The van der Waals surface area contributed by atoms with Crippen LogP contribution in [-0.4, -0.2) is 19.6 Å². The van der Waals surface area contributed by atoms with Gasteiger partial charge in [-0.3, -0.25) is 4.68 Å². The van der Waals surface area contributed by atoms with Gasteiger partial charge in [0.25, 0.3) is 0 Å². The summed E-state index contributed by atoms with van der Waals surface area (Å²) in [5, 5.41) is 4.29. The molecule has 0 radical (unpaired) electrons. The van der Waals surface area contributed by atoms with Crippen LogP contribution < -0.4 is 0 Å². The molecule has 1 aromatic rings. The van der Waals surface area contributed by atoms with E-state index in [2.05, 4.69) is 37.6 Å². The summed E-state index contributed by atoms with van der Waals surface area (Å²) in [4.78, 5) is 5.07. The van der Waals surface area contributed by atoms with E-state index in [1.807, 2.05) is 0 Å². The number of hydrogen-bond donors (Lipinski definition) is 0. The highest BCUT2D eigenvalue weighted by Gasteiger charge is 2.24. The van der Waals surface area contributed by atoms with Gasteiger partial charge in [0.05, 0.1) is 0 Å². The van der Waals surface area contributed by atoms with Gasteiger partial charge in [-0.15, -0.1) is 0 Å². The average Bonchev–Trinajstić information content (AvgIpc) is 2.70. The van der Waals surface area contributed by atoms with Crippen molar-refractivity contribution in [2.24, 2.45) is 5.92 Å². The van der Waals surface area contributed by atoms with Crippen LogP contribution in [0.4, 0.5) is 0 Å². The highest BCUT2D eigenvalue weighted by atomic mass is 79.9. The van der Waals surface area contributed by atoms with Crippen molar-refractivity contribution in [3.8, 4) is 0 Å². The van der Waals surface area contributed by atoms with E-state index in [1.165, 1.54) is 31.5 Å². The molecule has 2 rings (SSSR count). The Morgan fingerprint density at radius 1 is 1.44 bits per heavy atom. The molecule has 2 unspecified atom stereocenters. The maximum atomic E-state index is 4.39. The van der Waals surface area contributed by atoms with Crippen molar-refractivity contribution in [2.75, 3.05) is 0 Å². The van der Waals surface area contributed by atoms with Gasteiger partial charge in [0.1, 0.15) is 12.2 Å². The molecule has 3 nitrogen and oxygen atoms in total. The number of aromatic nitrogens is 3. The number of rotatable bonds is 4. The van der Waals surface area contributed by atoms with Crippen LogP contribution in [-0.2, 0) is 13.0 Å². The maximum Gasteiger partial charge on any atom is 0.138 e. The Labute approximate surface area is 106 Å². The molecule has 1 heterocycles. The van der Waals surface area contributed by atoms with Gasteiger partial charge in [0.2, 0.25) is 0 Å². The molecule has 1 saturated carbocycles. The zero-order valence-corrected chi connectivity index (χ0v) is 11.5. The molecule has 0 saturated heterocycles. The summed E-state index contributed by atoms with van der Waals surface area (Å²) < 4.78 is 2.06. The van der Waals surface area contributed by atoms with E-state index in [4.69, 9.17) is 0 Å². The Hall–Kier alpha value is -0.380. The quantitative estimate of drug-likeness (QED) is 0.796. The lowest BCUT2D eigenvalue weighted by molar-refractivity contribution is 0.360. The fourth-order valence-electron chi connectivity index (χ4n) is 2.47. The predicted molar refractivity (Wildman–Crippen MR) is 68.7 cm³/mol. The summed E-state index contributed by atoms with van der Waals surface area (Å²) in [6.45, 7) is 3.17. The van der Waals surface area contributed by atoms with E-state index in [9.17, 15) is 0 Å². The number of alkyl halides is 1. The summed E-state index contributed by atoms with van der Waals surface area (Å²) in [7, 11) is 0. The van der Waals surface area contributed by atoms with Gasteiger partial charge in [0.15, 0.2) is 0 Å². The van der Waals surface area contributed by atoms with Crippen LogP contribution in [0.1, 0.15) is 44.9 Å². The third kappa shape index (κ3) is 2.84. The topological polar surface area (TPSA) is 30.7 Å². The standard InChI is InChI=1S/C12H20BrN3/c1-2-7-16-12(14-9-15-16)8-10-5-3-4-6-11(10)13/h9-11H,2-8H2,1H3. The van der Waals surface area contributed by atoms with Crippen molar-refractivity contribution in [1.29, 1.82) is 0 Å². The molecule has 0 aromatic carbocycles. The second-order valence-corrected chi connectivity index (χ2v) is 5.84. The second-order valence-electron chi connectivity index (χ2n) is 4.66. The van der Waals surface area contributed by atoms with Crippen LogP contribution in [0.5, 0.6) is 0 Å². The van der Waals surface area contributed by atoms with Crippen molar-refractivity contribution >= 4 is 15.9 Å². The molecule has 1 fully saturated rings. The monoisotopic (exact) mass is 285 g/mol. The van der Waals surface area contributed by atoms with Crippen molar-refractivity contribution in [1.82, 2.24) is 14.8 Å². The highest BCUT2D eigenvalue weighted by molar-refractivity contribution is 9.09. The summed E-state index contributed by atoms with van der Waals surface area (Å²) in [6.07, 6.45) is 9.27. The van der Waals surface area contributed by atoms with Gasteiger partial charge in [-0.2, -0.15) is 5.10 Å². The fraction of sp³-hybridized carbons (Fsp3) is 0.833. The first kappa shape index (κ1) is 12.1. The van der Waals surface area contributed by atoms with Crippen LogP contribution in [0.15, 0.2) is 6.33 Å². The molecular weight excluding hydrogens is 266 g/mol. The summed E-state index contributed by atoms with van der Waals surface area (Å²) >= 11 is 3.81. The number of halogens is 1. The Morgan fingerprint density at radius 3 is 3.00 bits per heavy atom. The lowest BCUT2D eigenvalue weighted by Crippen LogP contribution is -2.23. The molecule has 16 heavy (non-hydrogen) atoms. The van der Waals surface area contributed by atoms with Crippen LogP contribution in [0, 0.1) is 5.92 Å². The fourth-order valence-corrected chi connectivity index (χ4v) is 3.25. The van der Waals surface area contributed by atoms with Crippen molar-refractivity contribution in [3.63, 3.8) is 0 Å². The Morgan fingerprint density at radius 2 is 2.25 bits per heavy atom. The van der Waals surface area contributed by atoms with Crippen molar-refractivity contribution < 1.29 is 0 Å². The summed E-state index contributed by atoms with van der Waals surface area (Å²) in [5.74, 6) is 1.91. The Balaban J connectivity index is 1.99. The van der Waals surface area contributed by atoms with E-state index in [0.29, 0.717) is 4.83 Å². The lowest BCUT2D eigenvalue weighted by Gasteiger charge is -2.26. The molecule has 1 aromatic heterocycles. The largest absolute Gasteiger partial charge is 0.250 e. The molecule has 0 aliphatic heterocycles. The van der Waals surface area contributed by atoms with Crippen LogP contribution in [0.2, 0.25) is 0 Å². The van der Waals surface area contributed by atoms with Gasteiger partial charge in [-0.1, -0.05) is 35.7 Å². The van der Waals surface area contributed by atoms with Gasteiger partial charge in [-0.25, -0.2) is 4.98 Å². The number of hydrogen-bond acceptors (Lipinski definition) is 2. The Kier molecular flexibility index (Phi) is 4.38. The molecule has 1 aliphatic rings. The molecular formula is C12H20BrN3. The van der Waals surface area contributed by atoms with E-state index in [1.54, 1.807) is 6.33 Å². The molecule has 0 spiro atoms. The van der Waals surface area contributed by atoms with Crippen LogP contribution in [0.25, 0.3) is 0 Å². The second kappa shape index (κ2) is 5.80. The normalized spacial score (nSPS) is 25.9. The minimum absolute atomic E-state index is 0.674. The predicted octanol–water partition coefficient (Wildman–Crippen LogP) is 3.18. The molecule has 0 amide bonds.